The molecule has 4 rings (SSSR count). The van der Waals surface area contributed by atoms with Crippen molar-refractivity contribution in [1.82, 2.24) is 4.57 Å². The Hall–Kier alpha value is -3.24. The second kappa shape index (κ2) is 8.19. The molecule has 28 heavy (non-hydrogen) atoms. The maximum Gasteiger partial charge on any atom is 0.421 e. The van der Waals surface area contributed by atoms with E-state index in [2.05, 4.69) is 0 Å². The van der Waals surface area contributed by atoms with Gasteiger partial charge in [-0.3, -0.25) is 0 Å². The van der Waals surface area contributed by atoms with Crippen LogP contribution in [0.15, 0.2) is 84.9 Å². The quantitative estimate of drug-likeness (QED) is 0.415. The summed E-state index contributed by atoms with van der Waals surface area (Å²) in [6.07, 6.45) is -0.496. The van der Waals surface area contributed by atoms with E-state index in [1.54, 1.807) is 24.3 Å². The van der Waals surface area contributed by atoms with Crippen LogP contribution in [-0.2, 0) is 18.0 Å². The first-order chi connectivity index (χ1) is 13.7. The van der Waals surface area contributed by atoms with Crippen LogP contribution in [0.5, 0.6) is 5.88 Å². The molecule has 0 bridgehead atoms. The van der Waals surface area contributed by atoms with Gasteiger partial charge in [-0.15, -0.1) is 0 Å². The molecule has 4 nitrogen and oxygen atoms in total. The molecule has 5 heteroatoms. The number of carbonyl (C=O) groups excluding carboxylic acids is 1. The zero-order valence-corrected chi connectivity index (χ0v) is 15.8. The molecule has 0 N–H and O–H groups in total. The lowest BCUT2D eigenvalue weighted by Crippen LogP contribution is -2.15. The molecule has 0 spiro atoms. The molecule has 0 radical (unpaired) electrons. The highest BCUT2D eigenvalue weighted by Crippen LogP contribution is 2.29. The highest BCUT2D eigenvalue weighted by atomic mass is 35.5. The van der Waals surface area contributed by atoms with Gasteiger partial charge in [0.2, 0.25) is 5.88 Å². The van der Waals surface area contributed by atoms with Crippen LogP contribution in [0.2, 0.25) is 5.02 Å². The predicted octanol–water partition coefficient (Wildman–Crippen LogP) is 6.06. The SMILES string of the molecule is O=C(OCc1ccccc1)n1c(OCc2ccccc2)cc2cc(Cl)ccc21. The van der Waals surface area contributed by atoms with Crippen molar-refractivity contribution in [3.63, 3.8) is 0 Å². The van der Waals surface area contributed by atoms with Gasteiger partial charge in [-0.05, 0) is 29.3 Å². The number of fused-ring (bicyclic) bond motifs is 1. The molecule has 0 saturated heterocycles. The molecule has 1 aromatic heterocycles. The topological polar surface area (TPSA) is 40.5 Å². The van der Waals surface area contributed by atoms with Crippen LogP contribution in [0.25, 0.3) is 10.9 Å². The molecule has 0 aliphatic heterocycles. The molecular formula is C23H18ClNO3. The van der Waals surface area contributed by atoms with Crippen molar-refractivity contribution >= 4 is 28.6 Å². The van der Waals surface area contributed by atoms with E-state index in [9.17, 15) is 4.79 Å². The Morgan fingerprint density at radius 2 is 1.46 bits per heavy atom. The highest BCUT2D eigenvalue weighted by molar-refractivity contribution is 6.31. The summed E-state index contributed by atoms with van der Waals surface area (Å²) in [7, 11) is 0. The maximum absolute atomic E-state index is 12.8. The zero-order chi connectivity index (χ0) is 19.3. The fourth-order valence-electron chi connectivity index (χ4n) is 2.97. The lowest BCUT2D eigenvalue weighted by molar-refractivity contribution is 0.138. The number of carbonyl (C=O) groups is 1. The Bertz CT molecular complexity index is 1090. The maximum atomic E-state index is 12.8. The highest BCUT2D eigenvalue weighted by Gasteiger charge is 2.18. The van der Waals surface area contributed by atoms with E-state index >= 15 is 0 Å². The van der Waals surface area contributed by atoms with E-state index in [1.165, 1.54) is 4.57 Å². The second-order valence-electron chi connectivity index (χ2n) is 6.34. The van der Waals surface area contributed by atoms with Crippen molar-refractivity contribution in [2.45, 2.75) is 13.2 Å². The normalized spacial score (nSPS) is 10.8. The van der Waals surface area contributed by atoms with Crippen LogP contribution >= 0.6 is 11.6 Å². The van der Waals surface area contributed by atoms with E-state index in [0.717, 1.165) is 16.5 Å². The average Bonchev–Trinajstić information content (AvgIpc) is 3.09. The summed E-state index contributed by atoms with van der Waals surface area (Å²) in [5.41, 5.74) is 2.61. The number of halogens is 1. The third-order valence-corrected chi connectivity index (χ3v) is 4.58. The van der Waals surface area contributed by atoms with Crippen molar-refractivity contribution in [3.8, 4) is 5.88 Å². The molecule has 140 valence electrons. The van der Waals surface area contributed by atoms with Gasteiger partial charge in [0.05, 0.1) is 5.52 Å². The van der Waals surface area contributed by atoms with Gasteiger partial charge in [0.1, 0.15) is 13.2 Å². The Morgan fingerprint density at radius 1 is 0.821 bits per heavy atom. The summed E-state index contributed by atoms with van der Waals surface area (Å²) in [6.45, 7) is 0.530. The van der Waals surface area contributed by atoms with Gasteiger partial charge >= 0.3 is 6.09 Å². The van der Waals surface area contributed by atoms with Crippen LogP contribution in [0, 0.1) is 0 Å². The Labute approximate surface area is 167 Å². The van der Waals surface area contributed by atoms with Crippen LogP contribution < -0.4 is 4.74 Å². The third kappa shape index (κ3) is 4.02. The van der Waals surface area contributed by atoms with Gasteiger partial charge in [0.25, 0.3) is 0 Å². The summed E-state index contributed by atoms with van der Waals surface area (Å²) in [6, 6.07) is 26.5. The van der Waals surface area contributed by atoms with Gasteiger partial charge in [-0.25, -0.2) is 9.36 Å². The van der Waals surface area contributed by atoms with Crippen molar-refractivity contribution in [2.24, 2.45) is 0 Å². The van der Waals surface area contributed by atoms with Crippen LogP contribution in [0.1, 0.15) is 11.1 Å². The molecule has 0 fully saturated rings. The number of nitrogens with zero attached hydrogens (tertiary/aromatic N) is 1. The summed E-state index contributed by atoms with van der Waals surface area (Å²) in [5.74, 6) is 0.416. The van der Waals surface area contributed by atoms with Gasteiger partial charge in [0.15, 0.2) is 0 Å². The summed E-state index contributed by atoms with van der Waals surface area (Å²) < 4.78 is 12.9. The van der Waals surface area contributed by atoms with Gasteiger partial charge in [-0.1, -0.05) is 72.3 Å². The first kappa shape index (κ1) is 18.1. The molecule has 0 atom stereocenters. The zero-order valence-electron chi connectivity index (χ0n) is 15.0. The fourth-order valence-corrected chi connectivity index (χ4v) is 3.15. The van der Waals surface area contributed by atoms with Crippen molar-refractivity contribution < 1.29 is 14.3 Å². The largest absolute Gasteiger partial charge is 0.474 e. The number of benzene rings is 3. The molecule has 3 aromatic carbocycles. The third-order valence-electron chi connectivity index (χ3n) is 4.35. The van der Waals surface area contributed by atoms with Gasteiger partial charge in [-0.2, -0.15) is 0 Å². The van der Waals surface area contributed by atoms with E-state index in [1.807, 2.05) is 60.7 Å². The minimum absolute atomic E-state index is 0.186. The number of ether oxygens (including phenoxy) is 2. The number of aromatic nitrogens is 1. The first-order valence-electron chi connectivity index (χ1n) is 8.89. The Kier molecular flexibility index (Phi) is 5.31. The van der Waals surface area contributed by atoms with Crippen molar-refractivity contribution in [3.05, 3.63) is 101 Å². The smallest absolute Gasteiger partial charge is 0.421 e. The fraction of sp³-hybridized carbons (Fsp3) is 0.0870. The molecule has 0 aliphatic rings. The molecular weight excluding hydrogens is 374 g/mol. The monoisotopic (exact) mass is 391 g/mol. The number of hydrogen-bond acceptors (Lipinski definition) is 3. The second-order valence-corrected chi connectivity index (χ2v) is 6.77. The van der Waals surface area contributed by atoms with Gasteiger partial charge in [0, 0.05) is 16.5 Å². The number of hydrogen-bond donors (Lipinski definition) is 0. The Balaban J connectivity index is 1.61. The first-order valence-corrected chi connectivity index (χ1v) is 9.27. The summed E-state index contributed by atoms with van der Waals surface area (Å²) in [4.78, 5) is 12.8. The molecule has 1 heterocycles. The summed E-state index contributed by atoms with van der Waals surface area (Å²) >= 11 is 6.11. The number of rotatable bonds is 5. The van der Waals surface area contributed by atoms with Crippen LogP contribution in [-0.4, -0.2) is 10.7 Å². The lowest BCUT2D eigenvalue weighted by Gasteiger charge is -2.11. The Morgan fingerprint density at radius 3 is 2.14 bits per heavy atom. The predicted molar refractivity (Wildman–Crippen MR) is 110 cm³/mol. The standard InChI is InChI=1S/C23H18ClNO3/c24-20-11-12-21-19(13-20)14-22(27-15-17-7-3-1-4-8-17)25(21)23(26)28-16-18-9-5-2-6-10-18/h1-14H,15-16H2. The molecule has 4 aromatic rings. The molecule has 0 amide bonds. The van der Waals surface area contributed by atoms with E-state index in [4.69, 9.17) is 21.1 Å². The van der Waals surface area contributed by atoms with Crippen molar-refractivity contribution in [2.75, 3.05) is 0 Å². The molecule has 0 aliphatic carbocycles. The average molecular weight is 392 g/mol. The van der Waals surface area contributed by atoms with E-state index in [-0.39, 0.29) is 6.61 Å². The van der Waals surface area contributed by atoms with Crippen LogP contribution in [0.4, 0.5) is 4.79 Å². The minimum Gasteiger partial charge on any atom is -0.474 e. The molecule has 0 unspecified atom stereocenters. The summed E-state index contributed by atoms with van der Waals surface area (Å²) in [5, 5.41) is 1.41. The van der Waals surface area contributed by atoms with Gasteiger partial charge < -0.3 is 9.47 Å². The van der Waals surface area contributed by atoms with Crippen LogP contribution in [0.3, 0.4) is 0 Å². The van der Waals surface area contributed by atoms with E-state index in [0.29, 0.717) is 23.0 Å². The van der Waals surface area contributed by atoms with Crippen molar-refractivity contribution in [1.29, 1.82) is 0 Å². The minimum atomic E-state index is -0.496. The lowest BCUT2D eigenvalue weighted by atomic mass is 10.2. The van der Waals surface area contributed by atoms with E-state index < -0.39 is 6.09 Å². The molecule has 0 saturated carbocycles.